The van der Waals surface area contributed by atoms with Crippen LogP contribution in [-0.4, -0.2) is 41.4 Å². The average molecular weight is 258 g/mol. The van der Waals surface area contributed by atoms with Gasteiger partial charge in [-0.05, 0) is 12.8 Å². The molecule has 1 fully saturated rings. The summed E-state index contributed by atoms with van der Waals surface area (Å²) < 4.78 is 25.6. The van der Waals surface area contributed by atoms with Gasteiger partial charge in [-0.3, -0.25) is 9.89 Å². The molecule has 0 radical (unpaired) electrons. The van der Waals surface area contributed by atoms with E-state index in [1.165, 1.54) is 16.7 Å². The Balaban J connectivity index is 2.34. The molecule has 0 bridgehead atoms. The molecule has 1 aromatic rings. The second-order valence-electron chi connectivity index (χ2n) is 3.96. The zero-order chi connectivity index (χ0) is 12.5. The van der Waals surface area contributed by atoms with E-state index in [0.29, 0.717) is 13.0 Å². The highest BCUT2D eigenvalue weighted by Gasteiger charge is 2.36. The fourth-order valence-corrected chi connectivity index (χ4v) is 3.56. The number of sulfonamides is 1. The van der Waals surface area contributed by atoms with E-state index in [9.17, 15) is 13.2 Å². The third-order valence-electron chi connectivity index (χ3n) is 2.86. The van der Waals surface area contributed by atoms with Gasteiger partial charge in [-0.2, -0.15) is 9.40 Å². The molecule has 0 aromatic carbocycles. The van der Waals surface area contributed by atoms with Crippen LogP contribution in [0.3, 0.4) is 0 Å². The molecule has 2 rings (SSSR count). The van der Waals surface area contributed by atoms with Crippen LogP contribution < -0.4 is 5.73 Å². The van der Waals surface area contributed by atoms with Gasteiger partial charge in [0.15, 0.2) is 0 Å². The number of piperidine rings is 1. The fourth-order valence-electron chi connectivity index (χ4n) is 1.99. The average Bonchev–Trinajstić information content (AvgIpc) is 2.83. The van der Waals surface area contributed by atoms with Crippen molar-refractivity contribution in [2.75, 3.05) is 6.54 Å². The van der Waals surface area contributed by atoms with Crippen molar-refractivity contribution in [1.82, 2.24) is 14.5 Å². The molecule has 0 saturated carbocycles. The first-order chi connectivity index (χ1) is 8.03. The molecule has 1 atom stereocenters. The molecule has 1 saturated heterocycles. The summed E-state index contributed by atoms with van der Waals surface area (Å²) in [6.45, 7) is 0.321. The minimum absolute atomic E-state index is 0.0608. The highest BCUT2D eigenvalue weighted by Crippen LogP contribution is 2.24. The van der Waals surface area contributed by atoms with E-state index in [1.807, 2.05) is 0 Å². The van der Waals surface area contributed by atoms with E-state index in [2.05, 4.69) is 10.2 Å². The monoisotopic (exact) mass is 258 g/mol. The Bertz CT molecular complexity index is 496. The van der Waals surface area contributed by atoms with E-state index in [0.717, 1.165) is 12.8 Å². The first kappa shape index (κ1) is 12.1. The third-order valence-corrected chi connectivity index (χ3v) is 4.74. The van der Waals surface area contributed by atoms with Gasteiger partial charge in [0.05, 0.1) is 6.20 Å². The molecule has 7 nitrogen and oxygen atoms in total. The molecule has 0 spiro atoms. The van der Waals surface area contributed by atoms with Gasteiger partial charge in [0.1, 0.15) is 10.9 Å². The van der Waals surface area contributed by atoms with Crippen molar-refractivity contribution in [3.05, 3.63) is 12.4 Å². The van der Waals surface area contributed by atoms with E-state index in [-0.39, 0.29) is 4.90 Å². The largest absolute Gasteiger partial charge is 0.368 e. The number of nitrogens with one attached hydrogen (secondary N) is 1. The second-order valence-corrected chi connectivity index (χ2v) is 5.85. The number of carbonyl (C=O) groups excluding carboxylic acids is 1. The second kappa shape index (κ2) is 4.46. The first-order valence-corrected chi connectivity index (χ1v) is 6.77. The van der Waals surface area contributed by atoms with Crippen molar-refractivity contribution in [3.63, 3.8) is 0 Å². The van der Waals surface area contributed by atoms with E-state index < -0.39 is 22.0 Å². The Kier molecular flexibility index (Phi) is 3.16. The Hall–Kier alpha value is -1.41. The summed E-state index contributed by atoms with van der Waals surface area (Å²) in [7, 11) is -3.67. The predicted molar refractivity (Wildman–Crippen MR) is 59.3 cm³/mol. The molecule has 17 heavy (non-hydrogen) atoms. The number of nitrogens with zero attached hydrogens (tertiary/aromatic N) is 2. The first-order valence-electron chi connectivity index (χ1n) is 5.33. The van der Waals surface area contributed by atoms with Crippen LogP contribution in [0, 0.1) is 0 Å². The van der Waals surface area contributed by atoms with Crippen LogP contribution in [0.5, 0.6) is 0 Å². The molecule has 2 heterocycles. The van der Waals surface area contributed by atoms with E-state index in [1.54, 1.807) is 0 Å². The van der Waals surface area contributed by atoms with Crippen molar-refractivity contribution in [2.45, 2.75) is 30.2 Å². The number of rotatable bonds is 3. The lowest BCUT2D eigenvalue weighted by Gasteiger charge is -2.32. The molecular formula is C9H14N4O3S. The summed E-state index contributed by atoms with van der Waals surface area (Å²) in [5.41, 5.74) is 5.24. The van der Waals surface area contributed by atoms with E-state index >= 15 is 0 Å². The maximum absolute atomic E-state index is 12.2. The van der Waals surface area contributed by atoms with Crippen LogP contribution in [-0.2, 0) is 14.8 Å². The quantitative estimate of drug-likeness (QED) is 0.757. The van der Waals surface area contributed by atoms with Crippen LogP contribution in [0.1, 0.15) is 19.3 Å². The van der Waals surface area contributed by atoms with Gasteiger partial charge in [0, 0.05) is 12.7 Å². The third kappa shape index (κ3) is 2.18. The molecule has 1 aliphatic heterocycles. The molecule has 1 unspecified atom stereocenters. The maximum Gasteiger partial charge on any atom is 0.246 e. The van der Waals surface area contributed by atoms with Crippen LogP contribution in [0.15, 0.2) is 17.3 Å². The number of primary amides is 1. The summed E-state index contributed by atoms with van der Waals surface area (Å²) in [5, 5.41) is 6.05. The van der Waals surface area contributed by atoms with Crippen LogP contribution >= 0.6 is 0 Å². The van der Waals surface area contributed by atoms with Gasteiger partial charge in [-0.25, -0.2) is 8.42 Å². The van der Waals surface area contributed by atoms with Crippen molar-refractivity contribution >= 4 is 15.9 Å². The number of amides is 1. The van der Waals surface area contributed by atoms with Crippen LogP contribution in [0.2, 0.25) is 0 Å². The Morgan fingerprint density at radius 3 is 2.88 bits per heavy atom. The van der Waals surface area contributed by atoms with Gasteiger partial charge in [0.2, 0.25) is 15.9 Å². The number of aromatic nitrogens is 2. The van der Waals surface area contributed by atoms with Crippen LogP contribution in [0.4, 0.5) is 0 Å². The SMILES string of the molecule is NC(=O)C1CCCCN1S(=O)(=O)c1cn[nH]c1. The highest BCUT2D eigenvalue weighted by atomic mass is 32.2. The summed E-state index contributed by atoms with van der Waals surface area (Å²) in [5.74, 6) is -0.600. The Labute approximate surface area is 99.0 Å². The minimum atomic E-state index is -3.67. The fraction of sp³-hybridized carbons (Fsp3) is 0.556. The number of aromatic amines is 1. The lowest BCUT2D eigenvalue weighted by atomic mass is 10.0. The van der Waals surface area contributed by atoms with Gasteiger partial charge in [-0.15, -0.1) is 0 Å². The summed E-state index contributed by atoms with van der Waals surface area (Å²) >= 11 is 0. The maximum atomic E-state index is 12.2. The number of hydrogen-bond donors (Lipinski definition) is 2. The van der Waals surface area contributed by atoms with Crippen molar-refractivity contribution in [2.24, 2.45) is 5.73 Å². The zero-order valence-corrected chi connectivity index (χ0v) is 9.98. The van der Waals surface area contributed by atoms with Gasteiger partial charge >= 0.3 is 0 Å². The predicted octanol–water partition coefficient (Wildman–Crippen LogP) is -0.562. The number of nitrogens with two attached hydrogens (primary N) is 1. The highest BCUT2D eigenvalue weighted by molar-refractivity contribution is 7.89. The lowest BCUT2D eigenvalue weighted by Crippen LogP contribution is -2.50. The molecular weight excluding hydrogens is 244 g/mol. The van der Waals surface area contributed by atoms with Crippen molar-refractivity contribution in [1.29, 1.82) is 0 Å². The van der Waals surface area contributed by atoms with Crippen molar-refractivity contribution in [3.8, 4) is 0 Å². The van der Waals surface area contributed by atoms with Gasteiger partial charge < -0.3 is 5.73 Å². The zero-order valence-electron chi connectivity index (χ0n) is 9.17. The van der Waals surface area contributed by atoms with Crippen LogP contribution in [0.25, 0.3) is 0 Å². The minimum Gasteiger partial charge on any atom is -0.368 e. The van der Waals surface area contributed by atoms with Crippen molar-refractivity contribution < 1.29 is 13.2 Å². The molecule has 94 valence electrons. The van der Waals surface area contributed by atoms with E-state index in [4.69, 9.17) is 5.73 Å². The smallest absolute Gasteiger partial charge is 0.246 e. The number of hydrogen-bond acceptors (Lipinski definition) is 4. The normalized spacial score (nSPS) is 22.5. The number of H-pyrrole nitrogens is 1. The number of carbonyl (C=O) groups is 1. The Morgan fingerprint density at radius 1 is 1.53 bits per heavy atom. The molecule has 8 heteroatoms. The lowest BCUT2D eigenvalue weighted by molar-refractivity contribution is -0.122. The summed E-state index contributed by atoms with van der Waals surface area (Å²) in [6.07, 6.45) is 4.54. The Morgan fingerprint density at radius 2 is 2.29 bits per heavy atom. The summed E-state index contributed by atoms with van der Waals surface area (Å²) in [6, 6.07) is -0.747. The molecule has 1 amide bonds. The molecule has 3 N–H and O–H groups in total. The summed E-state index contributed by atoms with van der Waals surface area (Å²) in [4.78, 5) is 11.3. The van der Waals surface area contributed by atoms with Gasteiger partial charge in [0.25, 0.3) is 0 Å². The molecule has 1 aliphatic rings. The molecule has 0 aliphatic carbocycles. The van der Waals surface area contributed by atoms with Gasteiger partial charge in [-0.1, -0.05) is 6.42 Å². The topological polar surface area (TPSA) is 109 Å². The standard InChI is InChI=1S/C9H14N4O3S/c10-9(14)8-3-1-2-4-13(8)17(15,16)7-5-11-12-6-7/h5-6,8H,1-4H2,(H2,10,14)(H,11,12). The molecule has 1 aromatic heterocycles.